The summed E-state index contributed by atoms with van der Waals surface area (Å²) in [6, 6.07) is 12.5. The number of furan rings is 1. The van der Waals surface area contributed by atoms with Crippen molar-refractivity contribution in [2.45, 2.75) is 12.5 Å². The van der Waals surface area contributed by atoms with Crippen LogP contribution >= 0.6 is 11.6 Å². The summed E-state index contributed by atoms with van der Waals surface area (Å²) < 4.78 is 29.6. The molecule has 0 spiro atoms. The van der Waals surface area contributed by atoms with Gasteiger partial charge in [-0.25, -0.2) is 9.40 Å². The van der Waals surface area contributed by atoms with Crippen LogP contribution in [0, 0.1) is 5.82 Å². The van der Waals surface area contributed by atoms with Crippen molar-refractivity contribution in [2.24, 2.45) is 5.10 Å². The Hall–Kier alpha value is -3.32. The second kappa shape index (κ2) is 8.20. The number of nitrogens with zero attached hydrogens (tertiary/aromatic N) is 2. The molecule has 1 aliphatic heterocycles. The fourth-order valence-corrected chi connectivity index (χ4v) is 3.57. The summed E-state index contributed by atoms with van der Waals surface area (Å²) in [5, 5.41) is 5.89. The van der Waals surface area contributed by atoms with Crippen LogP contribution in [-0.2, 0) is 0 Å². The van der Waals surface area contributed by atoms with Gasteiger partial charge < -0.3 is 13.9 Å². The van der Waals surface area contributed by atoms with Gasteiger partial charge in [-0.3, -0.25) is 4.79 Å². The number of carbonyl (C=O) groups excluding carboxylic acids is 1. The zero-order chi connectivity index (χ0) is 21.3. The summed E-state index contributed by atoms with van der Waals surface area (Å²) in [5.41, 5.74) is 2.11. The Morgan fingerprint density at radius 2 is 1.97 bits per heavy atom. The van der Waals surface area contributed by atoms with Crippen LogP contribution in [0.4, 0.5) is 4.39 Å². The predicted octanol–water partition coefficient (Wildman–Crippen LogP) is 5.08. The van der Waals surface area contributed by atoms with Crippen LogP contribution in [0.3, 0.4) is 0 Å². The molecule has 0 radical (unpaired) electrons. The summed E-state index contributed by atoms with van der Waals surface area (Å²) in [5.74, 6) is 0.370. The number of benzene rings is 2. The number of rotatable bonds is 5. The minimum absolute atomic E-state index is 0.0162. The van der Waals surface area contributed by atoms with E-state index < -0.39 is 17.8 Å². The van der Waals surface area contributed by atoms with Crippen molar-refractivity contribution in [1.82, 2.24) is 5.01 Å². The first-order chi connectivity index (χ1) is 14.5. The third-order valence-corrected chi connectivity index (χ3v) is 5.19. The molecule has 2 aromatic carbocycles. The van der Waals surface area contributed by atoms with Crippen LogP contribution < -0.4 is 9.47 Å². The molecule has 0 fully saturated rings. The smallest absolute Gasteiger partial charge is 0.310 e. The minimum atomic E-state index is -0.525. The number of halogens is 2. The molecule has 154 valence electrons. The fraction of sp³-hybridized carbons (Fsp3) is 0.182. The van der Waals surface area contributed by atoms with E-state index >= 15 is 0 Å². The first kappa shape index (κ1) is 20.0. The van der Waals surface area contributed by atoms with Gasteiger partial charge in [0.1, 0.15) is 5.82 Å². The van der Waals surface area contributed by atoms with E-state index in [1.165, 1.54) is 23.4 Å². The van der Waals surface area contributed by atoms with Crippen LogP contribution in [0.25, 0.3) is 0 Å². The summed E-state index contributed by atoms with van der Waals surface area (Å²) in [6.07, 6.45) is 1.83. The molecular weight excluding hydrogens is 411 g/mol. The summed E-state index contributed by atoms with van der Waals surface area (Å²) in [4.78, 5) is 13.0. The van der Waals surface area contributed by atoms with Crippen LogP contribution in [0.5, 0.6) is 11.5 Å². The molecule has 0 aliphatic carbocycles. The molecule has 30 heavy (non-hydrogen) atoms. The first-order valence-electron chi connectivity index (χ1n) is 9.13. The van der Waals surface area contributed by atoms with Gasteiger partial charge in [0.15, 0.2) is 17.3 Å². The molecule has 0 saturated heterocycles. The van der Waals surface area contributed by atoms with Crippen molar-refractivity contribution < 1.29 is 23.1 Å². The topological polar surface area (TPSA) is 64.3 Å². The molecular formula is C22H18ClFN2O4. The van der Waals surface area contributed by atoms with Crippen LogP contribution in [-0.4, -0.2) is 30.8 Å². The van der Waals surface area contributed by atoms with Crippen LogP contribution in [0.15, 0.2) is 64.3 Å². The number of hydrazone groups is 1. The lowest BCUT2D eigenvalue weighted by Gasteiger charge is -2.21. The van der Waals surface area contributed by atoms with Crippen molar-refractivity contribution in [3.05, 3.63) is 82.5 Å². The quantitative estimate of drug-likeness (QED) is 0.568. The van der Waals surface area contributed by atoms with E-state index in [2.05, 4.69) is 5.10 Å². The molecule has 4 rings (SSSR count). The van der Waals surface area contributed by atoms with E-state index in [4.69, 9.17) is 25.5 Å². The maximum atomic E-state index is 13.7. The Bertz CT molecular complexity index is 1110. The number of methoxy groups -OCH3 is 2. The van der Waals surface area contributed by atoms with E-state index in [9.17, 15) is 9.18 Å². The molecule has 0 saturated carbocycles. The average molecular weight is 429 g/mol. The molecule has 1 aromatic heterocycles. The van der Waals surface area contributed by atoms with Crippen molar-refractivity contribution in [2.75, 3.05) is 14.2 Å². The van der Waals surface area contributed by atoms with Gasteiger partial charge in [-0.15, -0.1) is 0 Å². The summed E-state index contributed by atoms with van der Waals surface area (Å²) >= 11 is 5.98. The normalized spacial score (nSPS) is 15.8. The van der Waals surface area contributed by atoms with Gasteiger partial charge in [-0.05, 0) is 48.0 Å². The van der Waals surface area contributed by atoms with Crippen LogP contribution in [0.2, 0.25) is 5.02 Å². The Morgan fingerprint density at radius 1 is 1.17 bits per heavy atom. The minimum Gasteiger partial charge on any atom is -0.493 e. The van der Waals surface area contributed by atoms with Crippen molar-refractivity contribution >= 4 is 23.2 Å². The number of hydrogen-bond acceptors (Lipinski definition) is 5. The lowest BCUT2D eigenvalue weighted by atomic mass is 9.98. The number of ether oxygens (including phenoxy) is 2. The fourth-order valence-electron chi connectivity index (χ4n) is 3.38. The molecule has 3 aromatic rings. The second-order valence-corrected chi connectivity index (χ2v) is 7.04. The molecule has 2 heterocycles. The highest BCUT2D eigenvalue weighted by molar-refractivity contribution is 6.30. The Kier molecular flexibility index (Phi) is 5.46. The highest BCUT2D eigenvalue weighted by Crippen LogP contribution is 2.37. The number of amides is 1. The monoisotopic (exact) mass is 428 g/mol. The lowest BCUT2D eigenvalue weighted by Crippen LogP contribution is -2.26. The first-order valence-corrected chi connectivity index (χ1v) is 9.51. The maximum absolute atomic E-state index is 13.7. The van der Waals surface area contributed by atoms with Gasteiger partial charge in [0, 0.05) is 12.0 Å². The van der Waals surface area contributed by atoms with Gasteiger partial charge in [0.05, 0.1) is 37.3 Å². The predicted molar refractivity (Wildman–Crippen MR) is 110 cm³/mol. The number of carbonyl (C=O) groups is 1. The second-order valence-electron chi connectivity index (χ2n) is 6.64. The van der Waals surface area contributed by atoms with Gasteiger partial charge in [0.25, 0.3) is 0 Å². The highest BCUT2D eigenvalue weighted by atomic mass is 35.5. The van der Waals surface area contributed by atoms with Crippen molar-refractivity contribution in [1.29, 1.82) is 0 Å². The Labute approximate surface area is 177 Å². The molecule has 6 nitrogen and oxygen atoms in total. The van der Waals surface area contributed by atoms with E-state index in [1.807, 2.05) is 6.07 Å². The SMILES string of the molecule is COc1ccc(C2=NN(C(=O)c3ccco3)[C@@H](c3ccc(F)c(Cl)c3)C2)cc1OC. The van der Waals surface area contributed by atoms with Crippen LogP contribution in [0.1, 0.15) is 34.1 Å². The van der Waals surface area contributed by atoms with Gasteiger partial charge in [0.2, 0.25) is 0 Å². The van der Waals surface area contributed by atoms with Crippen molar-refractivity contribution in [3.63, 3.8) is 0 Å². The summed E-state index contributed by atoms with van der Waals surface area (Å²) in [6.45, 7) is 0. The molecule has 1 atom stereocenters. The molecule has 0 unspecified atom stereocenters. The average Bonchev–Trinajstić information content (AvgIpc) is 3.45. The Morgan fingerprint density at radius 3 is 2.63 bits per heavy atom. The molecule has 1 amide bonds. The molecule has 8 heteroatoms. The lowest BCUT2D eigenvalue weighted by molar-refractivity contribution is 0.0678. The summed E-state index contributed by atoms with van der Waals surface area (Å²) in [7, 11) is 3.11. The van der Waals surface area contributed by atoms with Gasteiger partial charge in [-0.2, -0.15) is 5.10 Å². The van der Waals surface area contributed by atoms with Gasteiger partial charge >= 0.3 is 5.91 Å². The zero-order valence-corrected chi connectivity index (χ0v) is 17.0. The third-order valence-electron chi connectivity index (χ3n) is 4.90. The van der Waals surface area contributed by atoms with E-state index in [1.54, 1.807) is 44.6 Å². The largest absolute Gasteiger partial charge is 0.493 e. The van der Waals surface area contributed by atoms with Gasteiger partial charge in [-0.1, -0.05) is 17.7 Å². The third kappa shape index (κ3) is 3.64. The molecule has 0 bridgehead atoms. The highest BCUT2D eigenvalue weighted by Gasteiger charge is 2.35. The Balaban J connectivity index is 1.74. The number of hydrogen-bond donors (Lipinski definition) is 0. The standard InChI is InChI=1S/C22H18ClFN2O4/c1-28-19-8-6-13(11-21(19)29-2)17-12-18(14-5-7-16(24)15(23)10-14)26(25-17)22(27)20-4-3-9-30-20/h3-11,18H,12H2,1-2H3/t18-/m1/s1. The molecule has 1 aliphatic rings. The maximum Gasteiger partial charge on any atom is 0.310 e. The zero-order valence-electron chi connectivity index (χ0n) is 16.3. The molecule has 0 N–H and O–H groups in total. The van der Waals surface area contributed by atoms with E-state index in [0.29, 0.717) is 29.2 Å². The van der Waals surface area contributed by atoms with E-state index in [-0.39, 0.29) is 10.8 Å². The van der Waals surface area contributed by atoms with Crippen molar-refractivity contribution in [3.8, 4) is 11.5 Å². The van der Waals surface area contributed by atoms with E-state index in [0.717, 1.165) is 5.56 Å².